The van der Waals surface area contributed by atoms with Gasteiger partial charge in [-0.15, -0.1) is 0 Å². The molecule has 162 valence electrons. The Morgan fingerprint density at radius 1 is 0.812 bits per heavy atom. The van der Waals surface area contributed by atoms with Gasteiger partial charge in [0.1, 0.15) is 17.4 Å². The van der Waals surface area contributed by atoms with Crippen LogP contribution in [0.4, 0.5) is 0 Å². The summed E-state index contributed by atoms with van der Waals surface area (Å²) in [6, 6.07) is 23.3. The highest BCUT2D eigenvalue weighted by molar-refractivity contribution is 5.94. The van der Waals surface area contributed by atoms with Gasteiger partial charge in [0, 0.05) is 6.08 Å². The van der Waals surface area contributed by atoms with Crippen LogP contribution in [-0.2, 0) is 25.8 Å². The van der Waals surface area contributed by atoms with Crippen LogP contribution in [0.1, 0.15) is 21.5 Å². The zero-order valence-corrected chi connectivity index (χ0v) is 17.0. The SMILES string of the molecule is NC(Cc1ccccc1)C(=O)Oc1ccccc1C(=O)OOC(=O)/C=C/c1ccccc1. The Balaban J connectivity index is 1.57. The molecule has 0 radical (unpaired) electrons. The minimum Gasteiger partial charge on any atom is -0.424 e. The molecule has 3 rings (SSSR count). The summed E-state index contributed by atoms with van der Waals surface area (Å²) >= 11 is 0. The fourth-order valence-electron chi connectivity index (χ4n) is 2.74. The first-order valence-electron chi connectivity index (χ1n) is 9.79. The number of esters is 1. The van der Waals surface area contributed by atoms with E-state index in [0.29, 0.717) is 0 Å². The maximum Gasteiger partial charge on any atom is 0.390 e. The number of carbonyl (C=O) groups excluding carboxylic acids is 3. The molecule has 3 aromatic rings. The Bertz CT molecular complexity index is 1100. The molecule has 0 bridgehead atoms. The third kappa shape index (κ3) is 6.65. The van der Waals surface area contributed by atoms with Crippen molar-refractivity contribution in [1.29, 1.82) is 0 Å². The largest absolute Gasteiger partial charge is 0.424 e. The van der Waals surface area contributed by atoms with Crippen molar-refractivity contribution in [2.75, 3.05) is 0 Å². The summed E-state index contributed by atoms with van der Waals surface area (Å²) in [5, 5.41) is 0. The van der Waals surface area contributed by atoms with Gasteiger partial charge in [0.25, 0.3) is 0 Å². The average molecular weight is 431 g/mol. The molecule has 0 amide bonds. The van der Waals surface area contributed by atoms with Gasteiger partial charge in [0.05, 0.1) is 0 Å². The average Bonchev–Trinajstić information content (AvgIpc) is 2.82. The lowest BCUT2D eigenvalue weighted by atomic mass is 10.1. The van der Waals surface area contributed by atoms with Gasteiger partial charge in [-0.25, -0.2) is 24.2 Å². The Labute approximate surface area is 185 Å². The summed E-state index contributed by atoms with van der Waals surface area (Å²) in [6.45, 7) is 0. The van der Waals surface area contributed by atoms with Crippen LogP contribution in [0.25, 0.3) is 6.08 Å². The van der Waals surface area contributed by atoms with E-state index in [9.17, 15) is 14.4 Å². The van der Waals surface area contributed by atoms with Gasteiger partial charge in [-0.05, 0) is 35.8 Å². The summed E-state index contributed by atoms with van der Waals surface area (Å²) in [7, 11) is 0. The predicted octanol–water partition coefficient (Wildman–Crippen LogP) is 3.49. The molecule has 1 atom stereocenters. The lowest BCUT2D eigenvalue weighted by Gasteiger charge is -2.13. The Kier molecular flexibility index (Phi) is 7.89. The van der Waals surface area contributed by atoms with Crippen molar-refractivity contribution >= 4 is 24.0 Å². The standard InChI is InChI=1S/C25H21NO6/c26-21(17-19-11-5-2-6-12-19)25(29)30-22-14-8-7-13-20(22)24(28)32-31-23(27)16-15-18-9-3-1-4-10-18/h1-16,21H,17,26H2/b16-15+. The molecule has 3 aromatic carbocycles. The molecular formula is C25H21NO6. The number of carbonyl (C=O) groups is 3. The van der Waals surface area contributed by atoms with Crippen LogP contribution in [0.3, 0.4) is 0 Å². The quantitative estimate of drug-likeness (QED) is 0.201. The highest BCUT2D eigenvalue weighted by Gasteiger charge is 2.22. The highest BCUT2D eigenvalue weighted by atomic mass is 17.2. The molecule has 1 unspecified atom stereocenters. The second-order valence-electron chi connectivity index (χ2n) is 6.73. The first kappa shape index (κ1) is 22.5. The fraction of sp³-hybridized carbons (Fsp3) is 0.0800. The van der Waals surface area contributed by atoms with Gasteiger partial charge >= 0.3 is 17.9 Å². The minimum atomic E-state index is -0.994. The number of hydrogen-bond acceptors (Lipinski definition) is 7. The van der Waals surface area contributed by atoms with Crippen molar-refractivity contribution in [1.82, 2.24) is 0 Å². The van der Waals surface area contributed by atoms with Crippen LogP contribution < -0.4 is 10.5 Å². The topological polar surface area (TPSA) is 105 Å². The smallest absolute Gasteiger partial charge is 0.390 e. The Morgan fingerprint density at radius 2 is 1.44 bits per heavy atom. The fourth-order valence-corrected chi connectivity index (χ4v) is 2.74. The number of benzene rings is 3. The third-order valence-electron chi connectivity index (χ3n) is 4.33. The molecule has 0 saturated carbocycles. The molecule has 0 fully saturated rings. The Hall–Kier alpha value is -4.23. The second-order valence-corrected chi connectivity index (χ2v) is 6.73. The molecule has 0 aromatic heterocycles. The van der Waals surface area contributed by atoms with Gasteiger partial charge in [-0.2, -0.15) is 0 Å². The number of nitrogens with two attached hydrogens (primary N) is 1. The van der Waals surface area contributed by atoms with Crippen LogP contribution in [-0.4, -0.2) is 23.9 Å². The van der Waals surface area contributed by atoms with E-state index < -0.39 is 23.9 Å². The van der Waals surface area contributed by atoms with Crippen LogP contribution in [0.2, 0.25) is 0 Å². The molecule has 7 heteroatoms. The van der Waals surface area contributed by atoms with Crippen molar-refractivity contribution in [3.05, 3.63) is 108 Å². The molecule has 2 N–H and O–H groups in total. The molecule has 0 aliphatic rings. The van der Waals surface area contributed by atoms with Gasteiger partial charge in [0.2, 0.25) is 0 Å². The summed E-state index contributed by atoms with van der Waals surface area (Å²) in [4.78, 5) is 45.6. The van der Waals surface area contributed by atoms with E-state index in [1.54, 1.807) is 24.3 Å². The summed E-state index contributed by atoms with van der Waals surface area (Å²) < 4.78 is 5.29. The number of rotatable bonds is 7. The van der Waals surface area contributed by atoms with Gasteiger partial charge < -0.3 is 10.5 Å². The van der Waals surface area contributed by atoms with Crippen LogP contribution >= 0.6 is 0 Å². The molecule has 0 saturated heterocycles. The van der Waals surface area contributed by atoms with E-state index in [2.05, 4.69) is 9.78 Å². The lowest BCUT2D eigenvalue weighted by Crippen LogP contribution is -2.36. The Morgan fingerprint density at radius 3 is 2.16 bits per heavy atom. The molecule has 0 aliphatic carbocycles. The zero-order valence-electron chi connectivity index (χ0n) is 17.0. The zero-order chi connectivity index (χ0) is 22.8. The lowest BCUT2D eigenvalue weighted by molar-refractivity contribution is -0.228. The van der Waals surface area contributed by atoms with E-state index >= 15 is 0 Å². The summed E-state index contributed by atoms with van der Waals surface area (Å²) in [6.07, 6.45) is 2.91. The van der Waals surface area contributed by atoms with E-state index in [-0.39, 0.29) is 17.7 Å². The van der Waals surface area contributed by atoms with Crippen LogP contribution in [0.15, 0.2) is 91.0 Å². The molecular weight excluding hydrogens is 410 g/mol. The monoisotopic (exact) mass is 431 g/mol. The second kappa shape index (κ2) is 11.2. The van der Waals surface area contributed by atoms with E-state index in [4.69, 9.17) is 10.5 Å². The van der Waals surface area contributed by atoms with Crippen LogP contribution in [0, 0.1) is 0 Å². The summed E-state index contributed by atoms with van der Waals surface area (Å²) in [5.41, 5.74) is 7.50. The van der Waals surface area contributed by atoms with E-state index in [1.807, 2.05) is 48.5 Å². The van der Waals surface area contributed by atoms with Crippen molar-refractivity contribution in [2.45, 2.75) is 12.5 Å². The molecule has 0 spiro atoms. The number of para-hydroxylation sites is 1. The molecule has 32 heavy (non-hydrogen) atoms. The van der Waals surface area contributed by atoms with E-state index in [0.717, 1.165) is 17.2 Å². The minimum absolute atomic E-state index is 0.0538. The third-order valence-corrected chi connectivity index (χ3v) is 4.33. The summed E-state index contributed by atoms with van der Waals surface area (Å²) in [5.74, 6) is -2.63. The molecule has 0 aliphatic heterocycles. The van der Waals surface area contributed by atoms with Gasteiger partial charge in [-0.3, -0.25) is 0 Å². The number of ether oxygens (including phenoxy) is 1. The van der Waals surface area contributed by atoms with Gasteiger partial charge in [-0.1, -0.05) is 72.8 Å². The van der Waals surface area contributed by atoms with E-state index in [1.165, 1.54) is 18.2 Å². The molecule has 0 heterocycles. The highest BCUT2D eigenvalue weighted by Crippen LogP contribution is 2.20. The maximum absolute atomic E-state index is 12.4. The molecule has 7 nitrogen and oxygen atoms in total. The van der Waals surface area contributed by atoms with Crippen molar-refractivity contribution in [3.63, 3.8) is 0 Å². The van der Waals surface area contributed by atoms with Crippen molar-refractivity contribution < 1.29 is 28.9 Å². The first-order chi connectivity index (χ1) is 15.5. The van der Waals surface area contributed by atoms with Crippen LogP contribution in [0.5, 0.6) is 5.75 Å². The van der Waals surface area contributed by atoms with Crippen molar-refractivity contribution in [2.24, 2.45) is 5.73 Å². The van der Waals surface area contributed by atoms with Crippen molar-refractivity contribution in [3.8, 4) is 5.75 Å². The number of hydrogen-bond donors (Lipinski definition) is 1. The maximum atomic E-state index is 12.4. The normalized spacial score (nSPS) is 11.5. The van der Waals surface area contributed by atoms with Gasteiger partial charge in [0.15, 0.2) is 0 Å². The predicted molar refractivity (Wildman–Crippen MR) is 117 cm³/mol. The first-order valence-corrected chi connectivity index (χ1v) is 9.79.